The van der Waals surface area contributed by atoms with Crippen LogP contribution in [0.3, 0.4) is 0 Å². The lowest BCUT2D eigenvalue weighted by atomic mass is 10.2. The molecule has 2 rings (SSSR count). The van der Waals surface area contributed by atoms with Gasteiger partial charge in [0.1, 0.15) is 4.90 Å². The van der Waals surface area contributed by atoms with Gasteiger partial charge in [-0.15, -0.1) is 0 Å². The lowest BCUT2D eigenvalue weighted by Gasteiger charge is -2.09. The van der Waals surface area contributed by atoms with Gasteiger partial charge in [0, 0.05) is 11.0 Å². The monoisotopic (exact) mass is 393 g/mol. The van der Waals surface area contributed by atoms with Crippen LogP contribution in [0.4, 0.5) is 4.39 Å². The van der Waals surface area contributed by atoms with Crippen molar-refractivity contribution in [3.05, 3.63) is 50.4 Å². The Morgan fingerprint density at radius 3 is 2.71 bits per heavy atom. The fourth-order valence-corrected chi connectivity index (χ4v) is 3.98. The molecule has 0 atom stereocenters. The number of thiophene rings is 1. The Morgan fingerprint density at radius 2 is 2.14 bits per heavy atom. The maximum absolute atomic E-state index is 14.0. The minimum absolute atomic E-state index is 0.000190. The van der Waals surface area contributed by atoms with Crippen LogP contribution in [0.2, 0.25) is 0 Å². The molecule has 0 spiro atoms. The van der Waals surface area contributed by atoms with Gasteiger partial charge in [-0.2, -0.15) is 11.3 Å². The Labute approximate surface area is 132 Å². The highest BCUT2D eigenvalue weighted by Crippen LogP contribution is 2.24. The van der Waals surface area contributed by atoms with E-state index in [9.17, 15) is 17.6 Å². The summed E-state index contributed by atoms with van der Waals surface area (Å²) in [6.45, 7) is 0.000190. The van der Waals surface area contributed by atoms with E-state index >= 15 is 0 Å². The van der Waals surface area contributed by atoms with Gasteiger partial charge in [-0.25, -0.2) is 22.3 Å². The molecule has 0 unspecified atom stereocenters. The molecule has 0 aliphatic heterocycles. The van der Waals surface area contributed by atoms with E-state index in [1.54, 1.807) is 16.8 Å². The first-order chi connectivity index (χ1) is 9.81. The average molecular weight is 394 g/mol. The molecule has 0 bridgehead atoms. The first-order valence-corrected chi connectivity index (χ1v) is 8.76. The molecule has 0 aliphatic rings. The molecule has 2 aromatic rings. The number of benzene rings is 1. The lowest BCUT2D eigenvalue weighted by molar-refractivity contribution is 0.0691. The van der Waals surface area contributed by atoms with Crippen molar-refractivity contribution in [3.8, 4) is 0 Å². The van der Waals surface area contributed by atoms with Crippen LogP contribution < -0.4 is 4.72 Å². The van der Waals surface area contributed by atoms with Crippen LogP contribution in [0.25, 0.3) is 0 Å². The molecule has 0 saturated heterocycles. The highest BCUT2D eigenvalue weighted by atomic mass is 79.9. The highest BCUT2D eigenvalue weighted by molar-refractivity contribution is 9.10. The summed E-state index contributed by atoms with van der Waals surface area (Å²) < 4.78 is 40.7. The van der Waals surface area contributed by atoms with Gasteiger partial charge in [0.2, 0.25) is 10.0 Å². The van der Waals surface area contributed by atoms with Crippen LogP contribution in [0.1, 0.15) is 15.9 Å². The summed E-state index contributed by atoms with van der Waals surface area (Å²) in [5, 5.41) is 12.4. The molecule has 0 radical (unpaired) electrons. The molecule has 0 amide bonds. The van der Waals surface area contributed by atoms with Crippen molar-refractivity contribution in [2.24, 2.45) is 0 Å². The Hall–Kier alpha value is -1.29. The van der Waals surface area contributed by atoms with Crippen LogP contribution in [0, 0.1) is 5.82 Å². The topological polar surface area (TPSA) is 83.5 Å². The Kier molecular flexibility index (Phi) is 4.77. The molecule has 1 aromatic heterocycles. The van der Waals surface area contributed by atoms with Gasteiger partial charge < -0.3 is 5.11 Å². The van der Waals surface area contributed by atoms with Crippen molar-refractivity contribution in [3.63, 3.8) is 0 Å². The molecule has 21 heavy (non-hydrogen) atoms. The zero-order valence-electron chi connectivity index (χ0n) is 10.3. The van der Waals surface area contributed by atoms with Crippen molar-refractivity contribution in [2.45, 2.75) is 11.4 Å². The molecule has 9 heteroatoms. The third-order valence-corrected chi connectivity index (χ3v) is 5.16. The van der Waals surface area contributed by atoms with Gasteiger partial charge in [0.05, 0.1) is 5.56 Å². The summed E-state index contributed by atoms with van der Waals surface area (Å²) in [4.78, 5) is 10.2. The van der Waals surface area contributed by atoms with Crippen LogP contribution in [0.15, 0.2) is 38.3 Å². The lowest BCUT2D eigenvalue weighted by Crippen LogP contribution is -2.24. The summed E-state index contributed by atoms with van der Waals surface area (Å²) in [7, 11) is -4.16. The predicted molar refractivity (Wildman–Crippen MR) is 79.4 cm³/mol. The standard InChI is InChI=1S/C12H9BrFNO4S2/c13-8-3-9(12(16)17)11(14)10(4-8)21(18,19)15-5-7-1-2-20-6-7/h1-4,6,15H,5H2,(H,16,17). The van der Waals surface area contributed by atoms with E-state index in [1.807, 2.05) is 0 Å². The zero-order valence-corrected chi connectivity index (χ0v) is 13.6. The Bertz CT molecular complexity index is 775. The second-order valence-electron chi connectivity index (χ2n) is 4.03. The third kappa shape index (κ3) is 3.67. The zero-order chi connectivity index (χ0) is 15.6. The number of carboxylic acids is 1. The van der Waals surface area contributed by atoms with Crippen LogP contribution >= 0.6 is 27.3 Å². The number of hydrogen-bond acceptors (Lipinski definition) is 4. The number of hydrogen-bond donors (Lipinski definition) is 2. The molecule has 1 aromatic carbocycles. The summed E-state index contributed by atoms with van der Waals surface area (Å²) in [6.07, 6.45) is 0. The fourth-order valence-electron chi connectivity index (χ4n) is 1.56. The van der Waals surface area contributed by atoms with Crippen molar-refractivity contribution >= 4 is 43.3 Å². The molecular formula is C12H9BrFNO4S2. The second-order valence-corrected chi connectivity index (χ2v) is 7.46. The van der Waals surface area contributed by atoms with Gasteiger partial charge in [0.25, 0.3) is 0 Å². The van der Waals surface area contributed by atoms with Crippen LogP contribution in [-0.4, -0.2) is 19.5 Å². The quantitative estimate of drug-likeness (QED) is 0.817. The maximum Gasteiger partial charge on any atom is 0.338 e. The minimum Gasteiger partial charge on any atom is -0.478 e. The van der Waals surface area contributed by atoms with Crippen molar-refractivity contribution in [1.29, 1.82) is 0 Å². The average Bonchev–Trinajstić information content (AvgIpc) is 2.91. The predicted octanol–water partition coefficient (Wildman–Crippen LogP) is 2.83. The first kappa shape index (κ1) is 16.1. The molecule has 2 N–H and O–H groups in total. The van der Waals surface area contributed by atoms with Gasteiger partial charge in [0.15, 0.2) is 5.82 Å². The number of carbonyl (C=O) groups is 1. The number of halogens is 2. The Morgan fingerprint density at radius 1 is 1.43 bits per heavy atom. The molecule has 0 saturated carbocycles. The Balaban J connectivity index is 2.37. The molecule has 0 aliphatic carbocycles. The second kappa shape index (κ2) is 6.22. The number of carboxylic acid groups (broad SMARTS) is 1. The summed E-state index contributed by atoms with van der Waals surface area (Å²) in [6, 6.07) is 3.76. The number of sulfonamides is 1. The fraction of sp³-hybridized carbons (Fsp3) is 0.0833. The van der Waals surface area contributed by atoms with Crippen LogP contribution in [-0.2, 0) is 16.6 Å². The van der Waals surface area contributed by atoms with E-state index in [-0.39, 0.29) is 11.0 Å². The SMILES string of the molecule is O=C(O)c1cc(Br)cc(S(=O)(=O)NCc2ccsc2)c1F. The maximum atomic E-state index is 14.0. The van der Waals surface area contributed by atoms with Crippen LogP contribution in [0.5, 0.6) is 0 Å². The van der Waals surface area contributed by atoms with E-state index in [0.717, 1.165) is 17.7 Å². The van der Waals surface area contributed by atoms with Crippen molar-refractivity contribution < 1.29 is 22.7 Å². The van der Waals surface area contributed by atoms with Crippen molar-refractivity contribution in [1.82, 2.24) is 4.72 Å². The minimum atomic E-state index is -4.16. The summed E-state index contributed by atoms with van der Waals surface area (Å²) in [5.74, 6) is -2.83. The molecular weight excluding hydrogens is 385 g/mol. The van der Waals surface area contributed by atoms with Gasteiger partial charge in [-0.05, 0) is 34.5 Å². The number of rotatable bonds is 5. The van der Waals surface area contributed by atoms with E-state index < -0.39 is 32.3 Å². The molecule has 0 fully saturated rings. The normalized spacial score (nSPS) is 11.5. The summed E-state index contributed by atoms with van der Waals surface area (Å²) in [5.41, 5.74) is 0.0257. The van der Waals surface area contributed by atoms with E-state index in [0.29, 0.717) is 0 Å². The van der Waals surface area contributed by atoms with E-state index in [1.165, 1.54) is 11.3 Å². The van der Waals surface area contributed by atoms with Gasteiger partial charge in [-0.3, -0.25) is 0 Å². The third-order valence-electron chi connectivity index (χ3n) is 2.57. The smallest absolute Gasteiger partial charge is 0.338 e. The van der Waals surface area contributed by atoms with Crippen molar-refractivity contribution in [2.75, 3.05) is 0 Å². The first-order valence-electron chi connectivity index (χ1n) is 5.54. The van der Waals surface area contributed by atoms with Gasteiger partial charge >= 0.3 is 5.97 Å². The molecule has 5 nitrogen and oxygen atoms in total. The van der Waals surface area contributed by atoms with E-state index in [2.05, 4.69) is 20.7 Å². The molecule has 1 heterocycles. The largest absolute Gasteiger partial charge is 0.478 e. The summed E-state index contributed by atoms with van der Waals surface area (Å²) >= 11 is 4.38. The number of nitrogens with one attached hydrogen (secondary N) is 1. The molecule has 112 valence electrons. The van der Waals surface area contributed by atoms with E-state index in [4.69, 9.17) is 5.11 Å². The highest BCUT2D eigenvalue weighted by Gasteiger charge is 2.24. The van der Waals surface area contributed by atoms with Gasteiger partial charge in [-0.1, -0.05) is 15.9 Å². The number of aromatic carboxylic acids is 1.